The summed E-state index contributed by atoms with van der Waals surface area (Å²) in [5.41, 5.74) is 1.81. The van der Waals surface area contributed by atoms with Gasteiger partial charge in [0, 0.05) is 25.0 Å². The van der Waals surface area contributed by atoms with Crippen molar-refractivity contribution in [3.05, 3.63) is 35.4 Å². The molecule has 19 heavy (non-hydrogen) atoms. The van der Waals surface area contributed by atoms with Crippen LogP contribution in [0.15, 0.2) is 24.3 Å². The fourth-order valence-electron chi connectivity index (χ4n) is 2.80. The second-order valence-electron chi connectivity index (χ2n) is 5.52. The first-order valence-corrected chi connectivity index (χ1v) is 7.64. The number of benzene rings is 1. The number of carbonyl (C=O) groups excluding carboxylic acids is 1. The van der Waals surface area contributed by atoms with Crippen LogP contribution in [0.3, 0.4) is 0 Å². The molecule has 1 aliphatic rings. The summed E-state index contributed by atoms with van der Waals surface area (Å²) in [6, 6.07) is 7.60. The summed E-state index contributed by atoms with van der Waals surface area (Å²) in [4.78, 5) is 14.2. The van der Waals surface area contributed by atoms with Gasteiger partial charge in [-0.05, 0) is 36.5 Å². The van der Waals surface area contributed by atoms with Gasteiger partial charge < -0.3 is 4.90 Å². The Morgan fingerprint density at radius 3 is 2.42 bits per heavy atom. The van der Waals surface area contributed by atoms with E-state index in [1.54, 1.807) is 0 Å². The van der Waals surface area contributed by atoms with Gasteiger partial charge in [0.25, 0.3) is 5.91 Å². The average Bonchev–Trinajstić information content (AvgIpc) is 2.47. The quantitative estimate of drug-likeness (QED) is 0.761. The molecular weight excluding hydrogens is 258 g/mol. The van der Waals surface area contributed by atoms with Gasteiger partial charge in [0.1, 0.15) is 0 Å². The zero-order chi connectivity index (χ0) is 13.7. The lowest BCUT2D eigenvalue weighted by molar-refractivity contribution is 0.0760. The Bertz CT molecular complexity index is 409. The molecule has 0 N–H and O–H groups in total. The third-order valence-corrected chi connectivity index (χ3v) is 4.27. The topological polar surface area (TPSA) is 20.3 Å². The van der Waals surface area contributed by atoms with Crippen molar-refractivity contribution in [3.63, 3.8) is 0 Å². The first-order valence-electron chi connectivity index (χ1n) is 7.11. The SMILES string of the molecule is CN(CC1CCCCC1)C(=O)c1ccc(CCl)cc1. The van der Waals surface area contributed by atoms with Crippen LogP contribution >= 0.6 is 11.6 Å². The van der Waals surface area contributed by atoms with Gasteiger partial charge in [0.05, 0.1) is 0 Å². The van der Waals surface area contributed by atoms with Crippen LogP contribution in [0.2, 0.25) is 0 Å². The van der Waals surface area contributed by atoms with E-state index in [1.165, 1.54) is 32.1 Å². The molecule has 0 heterocycles. The number of rotatable bonds is 4. The zero-order valence-electron chi connectivity index (χ0n) is 11.6. The zero-order valence-corrected chi connectivity index (χ0v) is 12.3. The van der Waals surface area contributed by atoms with Gasteiger partial charge >= 0.3 is 0 Å². The third kappa shape index (κ3) is 3.97. The van der Waals surface area contributed by atoms with Crippen LogP contribution in [-0.2, 0) is 5.88 Å². The lowest BCUT2D eigenvalue weighted by atomic mass is 9.89. The van der Waals surface area contributed by atoms with Crippen LogP contribution in [0.5, 0.6) is 0 Å². The molecule has 1 aromatic carbocycles. The van der Waals surface area contributed by atoms with Crippen molar-refractivity contribution in [1.82, 2.24) is 4.90 Å². The van der Waals surface area contributed by atoms with Crippen LogP contribution in [0.4, 0.5) is 0 Å². The molecule has 0 bridgehead atoms. The highest BCUT2D eigenvalue weighted by Crippen LogP contribution is 2.24. The number of nitrogens with zero attached hydrogens (tertiary/aromatic N) is 1. The second kappa shape index (κ2) is 6.95. The molecule has 1 fully saturated rings. The maximum atomic E-state index is 12.3. The maximum absolute atomic E-state index is 12.3. The number of carbonyl (C=O) groups is 1. The summed E-state index contributed by atoms with van der Waals surface area (Å²) in [5.74, 6) is 1.29. The Morgan fingerprint density at radius 2 is 1.84 bits per heavy atom. The van der Waals surface area contributed by atoms with Crippen molar-refractivity contribution >= 4 is 17.5 Å². The summed E-state index contributed by atoms with van der Waals surface area (Å²) in [5, 5.41) is 0. The molecule has 0 aromatic heterocycles. The molecule has 0 unspecified atom stereocenters. The van der Waals surface area contributed by atoms with Gasteiger partial charge in [-0.15, -0.1) is 11.6 Å². The van der Waals surface area contributed by atoms with Crippen LogP contribution < -0.4 is 0 Å². The van der Waals surface area contributed by atoms with E-state index in [9.17, 15) is 4.79 Å². The summed E-state index contributed by atoms with van der Waals surface area (Å²) in [6.07, 6.45) is 6.52. The van der Waals surface area contributed by atoms with E-state index in [1.807, 2.05) is 36.2 Å². The van der Waals surface area contributed by atoms with Gasteiger partial charge in [-0.3, -0.25) is 4.79 Å². The maximum Gasteiger partial charge on any atom is 0.253 e. The van der Waals surface area contributed by atoms with Crippen molar-refractivity contribution in [2.75, 3.05) is 13.6 Å². The van der Waals surface area contributed by atoms with Crippen molar-refractivity contribution in [3.8, 4) is 0 Å². The predicted octanol–water partition coefficient (Wildman–Crippen LogP) is 4.08. The Morgan fingerprint density at radius 1 is 1.21 bits per heavy atom. The fourth-order valence-corrected chi connectivity index (χ4v) is 2.97. The van der Waals surface area contributed by atoms with Crippen LogP contribution in [0.1, 0.15) is 48.0 Å². The standard InChI is InChI=1S/C16H22ClNO/c1-18(12-14-5-3-2-4-6-14)16(19)15-9-7-13(11-17)8-10-15/h7-10,14H,2-6,11-12H2,1H3. The molecule has 0 radical (unpaired) electrons. The summed E-state index contributed by atoms with van der Waals surface area (Å²) >= 11 is 5.75. The molecule has 0 atom stereocenters. The molecule has 2 rings (SSSR count). The monoisotopic (exact) mass is 279 g/mol. The Balaban J connectivity index is 1.93. The summed E-state index contributed by atoms with van der Waals surface area (Å²) < 4.78 is 0. The predicted molar refractivity (Wildman–Crippen MR) is 79.5 cm³/mol. The average molecular weight is 280 g/mol. The largest absolute Gasteiger partial charge is 0.341 e. The van der Waals surface area contributed by atoms with Gasteiger partial charge in [-0.25, -0.2) is 0 Å². The highest BCUT2D eigenvalue weighted by atomic mass is 35.5. The molecule has 0 spiro atoms. The first-order chi connectivity index (χ1) is 9.20. The smallest absolute Gasteiger partial charge is 0.253 e. The number of halogens is 1. The number of alkyl halides is 1. The molecule has 2 nitrogen and oxygen atoms in total. The van der Waals surface area contributed by atoms with Crippen LogP contribution in [0, 0.1) is 5.92 Å². The molecule has 1 saturated carbocycles. The van der Waals surface area contributed by atoms with E-state index in [4.69, 9.17) is 11.6 Å². The van der Waals surface area contributed by atoms with Gasteiger partial charge in [-0.2, -0.15) is 0 Å². The number of amides is 1. The van der Waals surface area contributed by atoms with E-state index in [0.29, 0.717) is 11.8 Å². The van der Waals surface area contributed by atoms with E-state index < -0.39 is 0 Å². The Kier molecular flexibility index (Phi) is 5.26. The number of hydrogen-bond acceptors (Lipinski definition) is 1. The normalized spacial score (nSPS) is 16.3. The molecule has 1 aliphatic carbocycles. The Hall–Kier alpha value is -1.02. The van der Waals surface area contributed by atoms with E-state index in [0.717, 1.165) is 17.7 Å². The fraction of sp³-hybridized carbons (Fsp3) is 0.562. The second-order valence-corrected chi connectivity index (χ2v) is 5.79. The van der Waals surface area contributed by atoms with Crippen LogP contribution in [0.25, 0.3) is 0 Å². The highest BCUT2D eigenvalue weighted by molar-refractivity contribution is 6.17. The molecule has 104 valence electrons. The van der Waals surface area contributed by atoms with Gasteiger partial charge in [0.15, 0.2) is 0 Å². The minimum atomic E-state index is 0.117. The molecule has 0 saturated heterocycles. The van der Waals surface area contributed by atoms with E-state index in [2.05, 4.69) is 0 Å². The molecule has 3 heteroatoms. The van der Waals surface area contributed by atoms with Crippen molar-refractivity contribution in [1.29, 1.82) is 0 Å². The summed E-state index contributed by atoms with van der Waals surface area (Å²) in [7, 11) is 1.91. The minimum Gasteiger partial charge on any atom is -0.341 e. The molecule has 1 amide bonds. The lowest BCUT2D eigenvalue weighted by Crippen LogP contribution is -2.32. The van der Waals surface area contributed by atoms with E-state index in [-0.39, 0.29) is 5.91 Å². The number of hydrogen-bond donors (Lipinski definition) is 0. The van der Waals surface area contributed by atoms with Gasteiger partial charge in [0.2, 0.25) is 0 Å². The molecular formula is C16H22ClNO. The lowest BCUT2D eigenvalue weighted by Gasteiger charge is -2.27. The molecule has 1 aromatic rings. The Labute approximate surface area is 120 Å². The van der Waals surface area contributed by atoms with Crippen LogP contribution in [-0.4, -0.2) is 24.4 Å². The summed E-state index contributed by atoms with van der Waals surface area (Å²) in [6.45, 7) is 0.885. The van der Waals surface area contributed by atoms with Crippen molar-refractivity contribution in [2.45, 2.75) is 38.0 Å². The van der Waals surface area contributed by atoms with Crippen molar-refractivity contribution in [2.24, 2.45) is 5.92 Å². The van der Waals surface area contributed by atoms with E-state index >= 15 is 0 Å². The molecule has 0 aliphatic heterocycles. The highest BCUT2D eigenvalue weighted by Gasteiger charge is 2.19. The van der Waals surface area contributed by atoms with Crippen molar-refractivity contribution < 1.29 is 4.79 Å². The van der Waals surface area contributed by atoms with Gasteiger partial charge in [-0.1, -0.05) is 31.4 Å². The first kappa shape index (κ1) is 14.4. The third-order valence-electron chi connectivity index (χ3n) is 3.96. The minimum absolute atomic E-state index is 0.117.